The van der Waals surface area contributed by atoms with Gasteiger partial charge in [0.25, 0.3) is 5.91 Å². The number of furan rings is 2. The lowest BCUT2D eigenvalue weighted by Crippen LogP contribution is -2.47. The summed E-state index contributed by atoms with van der Waals surface area (Å²) in [6.45, 7) is 0.0387. The molecule has 0 radical (unpaired) electrons. The molecule has 4 aromatic rings. The second-order valence-electron chi connectivity index (χ2n) is 8.60. The van der Waals surface area contributed by atoms with Gasteiger partial charge in [-0.25, -0.2) is 4.68 Å². The molecule has 0 aliphatic heterocycles. The van der Waals surface area contributed by atoms with Gasteiger partial charge in [-0.05, 0) is 49.2 Å². The topological polar surface area (TPSA) is 106 Å². The third-order valence-electron chi connectivity index (χ3n) is 6.26. The Morgan fingerprint density at radius 1 is 1.03 bits per heavy atom. The van der Waals surface area contributed by atoms with Gasteiger partial charge in [-0.1, -0.05) is 36.6 Å². The van der Waals surface area contributed by atoms with Gasteiger partial charge < -0.3 is 19.1 Å². The maximum atomic E-state index is 13.7. The van der Waals surface area contributed by atoms with Crippen molar-refractivity contribution in [2.75, 3.05) is 0 Å². The van der Waals surface area contributed by atoms with Gasteiger partial charge in [0.05, 0.1) is 24.6 Å². The number of nitrogens with one attached hydrogen (secondary N) is 1. The standard InChI is InChI=1S/C25H27N5O4/c31-23(17-30-21-12-5-4-11-20(21)27-28-30)29(16-19-10-6-14-33-19)24(22-13-7-15-34-22)25(32)26-18-8-2-1-3-9-18/h4-7,10-15,18,24H,1-3,8-9,16-17H2,(H,26,32)/t24-/m0/s1. The van der Waals surface area contributed by atoms with E-state index < -0.39 is 6.04 Å². The van der Waals surface area contributed by atoms with Gasteiger partial charge >= 0.3 is 0 Å². The monoisotopic (exact) mass is 461 g/mol. The van der Waals surface area contributed by atoms with Gasteiger partial charge in [0.15, 0.2) is 6.04 Å². The molecule has 0 unspecified atom stereocenters. The number of aromatic nitrogens is 3. The van der Waals surface area contributed by atoms with Crippen LogP contribution in [-0.4, -0.2) is 37.7 Å². The Balaban J connectivity index is 1.46. The van der Waals surface area contributed by atoms with Crippen molar-refractivity contribution in [3.05, 3.63) is 72.6 Å². The van der Waals surface area contributed by atoms with Crippen LogP contribution in [0.25, 0.3) is 11.0 Å². The summed E-state index contributed by atoms with van der Waals surface area (Å²) in [6.07, 6.45) is 8.30. The first-order chi connectivity index (χ1) is 16.7. The Bertz CT molecular complexity index is 1230. The summed E-state index contributed by atoms with van der Waals surface area (Å²) in [4.78, 5) is 28.7. The maximum Gasteiger partial charge on any atom is 0.250 e. The quantitative estimate of drug-likeness (QED) is 0.427. The molecular weight excluding hydrogens is 434 g/mol. The van der Waals surface area contributed by atoms with Crippen LogP contribution < -0.4 is 5.32 Å². The highest BCUT2D eigenvalue weighted by Crippen LogP contribution is 2.27. The van der Waals surface area contributed by atoms with Crippen molar-refractivity contribution < 1.29 is 18.4 Å². The number of nitrogens with zero attached hydrogens (tertiary/aromatic N) is 4. The third-order valence-corrected chi connectivity index (χ3v) is 6.26. The van der Waals surface area contributed by atoms with E-state index in [0.29, 0.717) is 17.0 Å². The van der Waals surface area contributed by atoms with E-state index in [1.165, 1.54) is 17.6 Å². The number of hydrogen-bond acceptors (Lipinski definition) is 6. The van der Waals surface area contributed by atoms with E-state index in [1.54, 1.807) is 35.2 Å². The fourth-order valence-corrected chi connectivity index (χ4v) is 4.55. The first kappa shape index (κ1) is 21.9. The van der Waals surface area contributed by atoms with E-state index in [-0.39, 0.29) is 30.9 Å². The van der Waals surface area contributed by atoms with Crippen LogP contribution in [0.1, 0.15) is 49.7 Å². The lowest BCUT2D eigenvalue weighted by molar-refractivity contribution is -0.143. The van der Waals surface area contributed by atoms with E-state index in [1.807, 2.05) is 24.3 Å². The summed E-state index contributed by atoms with van der Waals surface area (Å²) in [5.41, 5.74) is 1.44. The van der Waals surface area contributed by atoms with Crippen LogP contribution >= 0.6 is 0 Å². The summed E-state index contributed by atoms with van der Waals surface area (Å²) in [5, 5.41) is 11.4. The van der Waals surface area contributed by atoms with Crippen molar-refractivity contribution in [2.24, 2.45) is 0 Å². The number of benzene rings is 1. The largest absolute Gasteiger partial charge is 0.467 e. The highest BCUT2D eigenvalue weighted by molar-refractivity contribution is 5.89. The minimum Gasteiger partial charge on any atom is -0.467 e. The molecule has 9 nitrogen and oxygen atoms in total. The highest BCUT2D eigenvalue weighted by atomic mass is 16.3. The van der Waals surface area contributed by atoms with Gasteiger partial charge in [-0.3, -0.25) is 9.59 Å². The second-order valence-corrected chi connectivity index (χ2v) is 8.60. The summed E-state index contributed by atoms with van der Waals surface area (Å²) in [7, 11) is 0. The predicted octanol–water partition coefficient (Wildman–Crippen LogP) is 3.84. The Hall–Kier alpha value is -3.88. The Morgan fingerprint density at radius 3 is 2.59 bits per heavy atom. The minimum absolute atomic E-state index is 0.0743. The zero-order valence-corrected chi connectivity index (χ0v) is 18.8. The summed E-state index contributed by atoms with van der Waals surface area (Å²) < 4.78 is 12.7. The molecule has 1 fully saturated rings. The normalized spacial score (nSPS) is 15.3. The maximum absolute atomic E-state index is 13.7. The smallest absolute Gasteiger partial charge is 0.250 e. The van der Waals surface area contributed by atoms with E-state index >= 15 is 0 Å². The third kappa shape index (κ3) is 4.73. The molecule has 1 atom stereocenters. The van der Waals surface area contributed by atoms with Crippen LogP contribution in [0.3, 0.4) is 0 Å². The molecule has 3 heterocycles. The molecule has 2 amide bonds. The van der Waals surface area contributed by atoms with E-state index in [4.69, 9.17) is 8.83 Å². The molecular formula is C25H27N5O4. The molecule has 1 aliphatic rings. The number of hydrogen-bond donors (Lipinski definition) is 1. The average Bonchev–Trinajstić information content (AvgIpc) is 3.63. The zero-order valence-electron chi connectivity index (χ0n) is 18.8. The van der Waals surface area contributed by atoms with Crippen molar-refractivity contribution in [3.8, 4) is 0 Å². The summed E-state index contributed by atoms with van der Waals surface area (Å²) >= 11 is 0. The van der Waals surface area contributed by atoms with Crippen molar-refractivity contribution >= 4 is 22.8 Å². The van der Waals surface area contributed by atoms with Crippen LogP contribution in [0.2, 0.25) is 0 Å². The van der Waals surface area contributed by atoms with Gasteiger partial charge in [0, 0.05) is 6.04 Å². The molecule has 9 heteroatoms. The van der Waals surface area contributed by atoms with E-state index in [0.717, 1.165) is 31.2 Å². The number of rotatable bonds is 8. The van der Waals surface area contributed by atoms with Gasteiger partial charge in [-0.15, -0.1) is 5.10 Å². The first-order valence-corrected chi connectivity index (χ1v) is 11.6. The first-order valence-electron chi connectivity index (χ1n) is 11.6. The van der Waals surface area contributed by atoms with Crippen LogP contribution in [-0.2, 0) is 22.7 Å². The summed E-state index contributed by atoms with van der Waals surface area (Å²) in [5.74, 6) is 0.410. The Morgan fingerprint density at radius 2 is 1.82 bits per heavy atom. The molecule has 1 aromatic carbocycles. The molecule has 34 heavy (non-hydrogen) atoms. The predicted molar refractivity (Wildman–Crippen MR) is 123 cm³/mol. The highest BCUT2D eigenvalue weighted by Gasteiger charge is 2.35. The van der Waals surface area contributed by atoms with Crippen molar-refractivity contribution in [1.82, 2.24) is 25.2 Å². The second kappa shape index (κ2) is 9.94. The van der Waals surface area contributed by atoms with E-state index in [2.05, 4.69) is 15.6 Å². The van der Waals surface area contributed by atoms with Crippen LogP contribution in [0.5, 0.6) is 0 Å². The molecule has 1 saturated carbocycles. The molecule has 0 saturated heterocycles. The molecule has 1 N–H and O–H groups in total. The lowest BCUT2D eigenvalue weighted by Gasteiger charge is -2.31. The fraction of sp³-hybridized carbons (Fsp3) is 0.360. The molecule has 0 spiro atoms. The van der Waals surface area contributed by atoms with Crippen LogP contribution in [0, 0.1) is 0 Å². The van der Waals surface area contributed by atoms with Crippen molar-refractivity contribution in [1.29, 1.82) is 0 Å². The Labute approximate surface area is 196 Å². The fourth-order valence-electron chi connectivity index (χ4n) is 4.55. The summed E-state index contributed by atoms with van der Waals surface area (Å²) in [6, 6.07) is 13.6. The molecule has 0 bridgehead atoms. The van der Waals surface area contributed by atoms with Gasteiger partial charge in [-0.2, -0.15) is 0 Å². The SMILES string of the molecule is O=C(NC1CCCCC1)[C@H](c1ccco1)N(Cc1ccco1)C(=O)Cn1nnc2ccccc21. The average molecular weight is 462 g/mol. The minimum atomic E-state index is -0.940. The van der Waals surface area contributed by atoms with E-state index in [9.17, 15) is 9.59 Å². The van der Waals surface area contributed by atoms with Gasteiger partial charge in [0.1, 0.15) is 23.6 Å². The number of fused-ring (bicyclic) bond motifs is 1. The molecule has 176 valence electrons. The molecule has 5 rings (SSSR count). The zero-order chi connectivity index (χ0) is 23.3. The number of para-hydroxylation sites is 1. The Kier molecular flexibility index (Phi) is 6.42. The number of amides is 2. The van der Waals surface area contributed by atoms with Crippen LogP contribution in [0.4, 0.5) is 0 Å². The lowest BCUT2D eigenvalue weighted by atomic mass is 9.95. The van der Waals surface area contributed by atoms with Crippen molar-refractivity contribution in [3.63, 3.8) is 0 Å². The number of carbonyl (C=O) groups excluding carboxylic acids is 2. The number of carbonyl (C=O) groups is 2. The van der Waals surface area contributed by atoms with Crippen LogP contribution in [0.15, 0.2) is 69.9 Å². The molecule has 1 aliphatic carbocycles. The molecule has 3 aromatic heterocycles. The van der Waals surface area contributed by atoms with Crippen molar-refractivity contribution in [2.45, 2.75) is 57.3 Å². The van der Waals surface area contributed by atoms with Gasteiger partial charge in [0.2, 0.25) is 5.91 Å².